The second-order valence-corrected chi connectivity index (χ2v) is 9.35. The molecule has 6 rings (SSSR count). The van der Waals surface area contributed by atoms with Gasteiger partial charge in [0.1, 0.15) is 0 Å². The molecule has 0 unspecified atom stereocenters. The van der Waals surface area contributed by atoms with E-state index < -0.39 is 0 Å². The van der Waals surface area contributed by atoms with Crippen molar-refractivity contribution in [3.05, 3.63) is 47.2 Å². The molecule has 4 aromatic heterocycles. The summed E-state index contributed by atoms with van der Waals surface area (Å²) in [5.41, 5.74) is 0. The smallest absolute Gasteiger partial charge is 0.0542 e. The fourth-order valence-electron chi connectivity index (χ4n) is 3.26. The first kappa shape index (κ1) is 12.0. The van der Waals surface area contributed by atoms with Crippen LogP contribution in [0.15, 0.2) is 47.2 Å². The zero-order valence-corrected chi connectivity index (χ0v) is 14.5. The Morgan fingerprint density at radius 3 is 1.45 bits per heavy atom. The minimum absolute atomic E-state index is 1.39. The molecule has 2 aromatic carbocycles. The van der Waals surface area contributed by atoms with Crippen molar-refractivity contribution >= 4 is 95.1 Å². The van der Waals surface area contributed by atoms with Gasteiger partial charge in [-0.2, -0.15) is 0 Å². The van der Waals surface area contributed by atoms with E-state index in [1.165, 1.54) is 49.7 Å². The quantitative estimate of drug-likeness (QED) is 0.263. The lowest BCUT2D eigenvalue weighted by Gasteiger charge is -1.94. The summed E-state index contributed by atoms with van der Waals surface area (Å²) in [5.74, 6) is 0. The van der Waals surface area contributed by atoms with E-state index in [1.807, 2.05) is 45.3 Å². The molecule has 0 radical (unpaired) electrons. The Labute approximate surface area is 141 Å². The summed E-state index contributed by atoms with van der Waals surface area (Å²) in [7, 11) is 0. The first-order valence-electron chi connectivity index (χ1n) is 7.01. The summed E-state index contributed by atoms with van der Waals surface area (Å²) >= 11 is 7.59. The number of hydrogen-bond donors (Lipinski definition) is 0. The van der Waals surface area contributed by atoms with Gasteiger partial charge in [-0.05, 0) is 35.0 Å². The van der Waals surface area contributed by atoms with E-state index >= 15 is 0 Å². The molecular weight excluding hydrogens is 344 g/mol. The van der Waals surface area contributed by atoms with E-state index in [4.69, 9.17) is 0 Å². The first-order chi connectivity index (χ1) is 10.9. The molecule has 4 heteroatoms. The number of fused-ring (bicyclic) bond motifs is 9. The molecule has 0 spiro atoms. The van der Waals surface area contributed by atoms with Crippen molar-refractivity contribution in [2.75, 3.05) is 0 Å². The first-order valence-corrected chi connectivity index (χ1v) is 10.4. The van der Waals surface area contributed by atoms with Crippen LogP contribution in [-0.4, -0.2) is 0 Å². The monoisotopic (exact) mass is 352 g/mol. The van der Waals surface area contributed by atoms with Gasteiger partial charge < -0.3 is 0 Å². The van der Waals surface area contributed by atoms with E-state index in [1.54, 1.807) is 0 Å². The molecule has 0 N–H and O–H groups in total. The molecule has 0 amide bonds. The minimum atomic E-state index is 1.39. The second-order valence-electron chi connectivity index (χ2n) is 5.41. The van der Waals surface area contributed by atoms with Gasteiger partial charge in [0.15, 0.2) is 0 Å². The number of hydrogen-bond acceptors (Lipinski definition) is 4. The van der Waals surface area contributed by atoms with Crippen molar-refractivity contribution < 1.29 is 0 Å². The van der Waals surface area contributed by atoms with E-state index in [2.05, 4.69) is 47.2 Å². The average molecular weight is 353 g/mol. The molecule has 0 aliphatic rings. The Balaban J connectivity index is 1.91. The van der Waals surface area contributed by atoms with Gasteiger partial charge in [0, 0.05) is 40.3 Å². The highest BCUT2D eigenvalue weighted by Gasteiger charge is 2.15. The van der Waals surface area contributed by atoms with Crippen LogP contribution in [0.3, 0.4) is 0 Å². The highest BCUT2D eigenvalue weighted by atomic mass is 32.1. The van der Waals surface area contributed by atoms with Gasteiger partial charge in [-0.1, -0.05) is 12.1 Å². The molecule has 0 saturated heterocycles. The van der Waals surface area contributed by atoms with Crippen molar-refractivity contribution in [2.24, 2.45) is 0 Å². The minimum Gasteiger partial charge on any atom is -0.144 e. The number of thiophene rings is 4. The molecule has 0 saturated carbocycles. The van der Waals surface area contributed by atoms with E-state index in [9.17, 15) is 0 Å². The lowest BCUT2D eigenvalue weighted by atomic mass is 10.2. The topological polar surface area (TPSA) is 0 Å². The molecule has 22 heavy (non-hydrogen) atoms. The van der Waals surface area contributed by atoms with Crippen molar-refractivity contribution in [3.8, 4) is 0 Å². The van der Waals surface area contributed by atoms with E-state index in [0.29, 0.717) is 0 Å². The normalized spacial score (nSPS) is 12.5. The van der Waals surface area contributed by atoms with Crippen LogP contribution < -0.4 is 0 Å². The van der Waals surface area contributed by atoms with Crippen LogP contribution in [0.5, 0.6) is 0 Å². The summed E-state index contributed by atoms with van der Waals surface area (Å²) in [5, 5.41) is 10.1. The van der Waals surface area contributed by atoms with Crippen LogP contribution in [0.4, 0.5) is 0 Å². The zero-order chi connectivity index (χ0) is 14.3. The molecule has 0 bridgehead atoms. The predicted octanol–water partition coefficient (Wildman–Crippen LogP) is 7.70. The highest BCUT2D eigenvalue weighted by molar-refractivity contribution is 7.37. The maximum Gasteiger partial charge on any atom is 0.0542 e. The third-order valence-electron chi connectivity index (χ3n) is 4.28. The molecule has 104 valence electrons. The van der Waals surface area contributed by atoms with E-state index in [0.717, 1.165) is 0 Å². The zero-order valence-electron chi connectivity index (χ0n) is 11.3. The van der Waals surface area contributed by atoms with Crippen LogP contribution >= 0.6 is 45.3 Å². The Bertz CT molecular complexity index is 1220. The largest absolute Gasteiger partial charge is 0.144 e. The summed E-state index contributed by atoms with van der Waals surface area (Å²) in [6.07, 6.45) is 0. The second kappa shape index (κ2) is 4.09. The molecule has 4 heterocycles. The molecular formula is C18H8S4. The Morgan fingerprint density at radius 1 is 0.455 bits per heavy atom. The van der Waals surface area contributed by atoms with Crippen LogP contribution in [-0.2, 0) is 0 Å². The van der Waals surface area contributed by atoms with Crippen molar-refractivity contribution in [3.63, 3.8) is 0 Å². The third-order valence-corrected chi connectivity index (χ3v) is 8.71. The van der Waals surface area contributed by atoms with Crippen molar-refractivity contribution in [1.82, 2.24) is 0 Å². The summed E-state index contributed by atoms with van der Waals surface area (Å²) in [4.78, 5) is 0. The van der Waals surface area contributed by atoms with Gasteiger partial charge in [0.05, 0.1) is 9.40 Å². The van der Waals surface area contributed by atoms with E-state index in [-0.39, 0.29) is 0 Å². The number of benzene rings is 2. The van der Waals surface area contributed by atoms with Gasteiger partial charge in [-0.25, -0.2) is 0 Å². The van der Waals surface area contributed by atoms with Gasteiger partial charge in [-0.15, -0.1) is 45.3 Å². The Morgan fingerprint density at radius 2 is 0.955 bits per heavy atom. The van der Waals surface area contributed by atoms with Crippen LogP contribution in [0.1, 0.15) is 0 Å². The summed E-state index contributed by atoms with van der Waals surface area (Å²) in [6.45, 7) is 0. The third kappa shape index (κ3) is 1.37. The fourth-order valence-corrected chi connectivity index (χ4v) is 7.87. The van der Waals surface area contributed by atoms with Crippen molar-refractivity contribution in [2.45, 2.75) is 0 Å². The molecule has 0 aliphatic heterocycles. The van der Waals surface area contributed by atoms with Gasteiger partial charge in [0.2, 0.25) is 0 Å². The SMILES string of the molecule is c1cc2c(ccc3c2sc2c4ccc5sccc5c4sc32)s1. The van der Waals surface area contributed by atoms with Crippen LogP contribution in [0, 0.1) is 0 Å². The lowest BCUT2D eigenvalue weighted by molar-refractivity contribution is 2.05. The van der Waals surface area contributed by atoms with Crippen molar-refractivity contribution in [1.29, 1.82) is 0 Å². The Kier molecular flexibility index (Phi) is 2.23. The average Bonchev–Trinajstić information content (AvgIpc) is 3.27. The lowest BCUT2D eigenvalue weighted by Crippen LogP contribution is -1.64. The predicted molar refractivity (Wildman–Crippen MR) is 105 cm³/mol. The van der Waals surface area contributed by atoms with Crippen LogP contribution in [0.25, 0.3) is 49.7 Å². The molecule has 0 aliphatic carbocycles. The van der Waals surface area contributed by atoms with Gasteiger partial charge in [-0.3, -0.25) is 0 Å². The maximum absolute atomic E-state index is 2.31. The molecule has 0 atom stereocenters. The fraction of sp³-hybridized carbons (Fsp3) is 0. The highest BCUT2D eigenvalue weighted by Crippen LogP contribution is 2.48. The van der Waals surface area contributed by atoms with Crippen LogP contribution in [0.2, 0.25) is 0 Å². The summed E-state index contributed by atoms with van der Waals surface area (Å²) in [6, 6.07) is 13.7. The summed E-state index contributed by atoms with van der Waals surface area (Å²) < 4.78 is 8.61. The molecule has 0 fully saturated rings. The number of rotatable bonds is 0. The molecule has 0 nitrogen and oxygen atoms in total. The van der Waals surface area contributed by atoms with Gasteiger partial charge in [0.25, 0.3) is 0 Å². The molecule has 6 aromatic rings. The van der Waals surface area contributed by atoms with Gasteiger partial charge >= 0.3 is 0 Å². The Hall–Kier alpha value is -1.46. The maximum atomic E-state index is 2.31. The standard InChI is InChI=1S/C18H8S4/c1-3-13-9(5-7-19-13)15-11(1)17-18(21-15)12-2-4-14-10(6-8-20-14)16(12)22-17/h1-8H.